The molecule has 1 saturated heterocycles. The smallest absolute Gasteiger partial charge is 0.262 e. The van der Waals surface area contributed by atoms with Crippen LogP contribution < -0.4 is 16.2 Å². The van der Waals surface area contributed by atoms with E-state index in [1.807, 2.05) is 25.1 Å². The summed E-state index contributed by atoms with van der Waals surface area (Å²) in [4.78, 5) is 26.9. The van der Waals surface area contributed by atoms with E-state index < -0.39 is 5.91 Å². The Hall–Kier alpha value is -3.28. The molecule has 2 amide bonds. The number of carbonyl (C=O) groups excluding carboxylic acids is 2. The van der Waals surface area contributed by atoms with E-state index in [9.17, 15) is 9.59 Å². The molecule has 2 heterocycles. The Kier molecular flexibility index (Phi) is 3.68. The molecule has 0 spiro atoms. The maximum Gasteiger partial charge on any atom is 0.262 e. The van der Waals surface area contributed by atoms with Gasteiger partial charge in [-0.25, -0.2) is 0 Å². The van der Waals surface area contributed by atoms with E-state index in [0.29, 0.717) is 17.0 Å². The largest absolute Gasteiger partial charge is 0.441 e. The van der Waals surface area contributed by atoms with E-state index >= 15 is 0 Å². The number of carbonyl (C=O) groups is 2. The van der Waals surface area contributed by atoms with Gasteiger partial charge in [-0.1, -0.05) is 29.8 Å². The van der Waals surface area contributed by atoms with E-state index in [4.69, 9.17) is 16.2 Å². The summed E-state index contributed by atoms with van der Waals surface area (Å²) in [6, 6.07) is 12.8. The van der Waals surface area contributed by atoms with Crippen LogP contribution in [0.15, 0.2) is 53.9 Å². The molecule has 6 nitrogen and oxygen atoms in total. The van der Waals surface area contributed by atoms with Crippen molar-refractivity contribution in [2.24, 2.45) is 5.73 Å². The predicted molar refractivity (Wildman–Crippen MR) is 96.8 cm³/mol. The molecular formula is C20H19N3O3. The van der Waals surface area contributed by atoms with Crippen molar-refractivity contribution in [3.8, 4) is 5.75 Å². The van der Waals surface area contributed by atoms with E-state index in [1.165, 1.54) is 4.90 Å². The molecule has 1 atom stereocenters. The molecule has 0 saturated carbocycles. The van der Waals surface area contributed by atoms with Gasteiger partial charge in [0.1, 0.15) is 5.75 Å². The second kappa shape index (κ2) is 5.91. The quantitative estimate of drug-likeness (QED) is 0.640. The number of nitrogens with two attached hydrogens (primary N) is 2. The first-order chi connectivity index (χ1) is 12.4. The van der Waals surface area contributed by atoms with E-state index in [2.05, 4.69) is 0 Å². The van der Waals surface area contributed by atoms with E-state index in [0.717, 1.165) is 16.7 Å². The van der Waals surface area contributed by atoms with Gasteiger partial charge in [-0.05, 0) is 30.7 Å². The summed E-state index contributed by atoms with van der Waals surface area (Å²) in [7, 11) is 0. The first-order valence-corrected chi connectivity index (χ1v) is 8.41. The molecule has 0 radical (unpaired) electrons. The zero-order valence-electron chi connectivity index (χ0n) is 14.4. The lowest BCUT2D eigenvalue weighted by Gasteiger charge is -2.36. The highest BCUT2D eigenvalue weighted by Crippen LogP contribution is 2.43. The minimum atomic E-state index is -0.396. The number of piperidine rings is 1. The number of aryl methyl sites for hydroxylation is 1. The number of benzene rings is 2. The van der Waals surface area contributed by atoms with Gasteiger partial charge in [-0.3, -0.25) is 14.5 Å². The Balaban J connectivity index is 1.69. The number of nitrogen functional groups attached to an aromatic ring is 1. The number of imide groups is 1. The Labute approximate surface area is 151 Å². The van der Waals surface area contributed by atoms with Crippen LogP contribution in [0.25, 0.3) is 0 Å². The minimum Gasteiger partial charge on any atom is -0.441 e. The topological polar surface area (TPSA) is 98.7 Å². The Morgan fingerprint density at radius 1 is 1.12 bits per heavy atom. The van der Waals surface area contributed by atoms with Gasteiger partial charge in [0.2, 0.25) is 5.91 Å². The van der Waals surface area contributed by atoms with Crippen molar-refractivity contribution in [3.63, 3.8) is 0 Å². The molecule has 1 fully saturated rings. The molecule has 2 aliphatic rings. The number of fused-ring (bicyclic) bond motifs is 3. The van der Waals surface area contributed by atoms with Crippen molar-refractivity contribution in [2.75, 3.05) is 5.73 Å². The first-order valence-electron chi connectivity index (χ1n) is 8.41. The third kappa shape index (κ3) is 2.60. The van der Waals surface area contributed by atoms with Crippen molar-refractivity contribution >= 4 is 17.5 Å². The van der Waals surface area contributed by atoms with Crippen LogP contribution in [0.1, 0.15) is 29.0 Å². The molecule has 4 rings (SSSR count). The number of hydrogen-bond donors (Lipinski definition) is 2. The fourth-order valence-electron chi connectivity index (χ4n) is 3.51. The zero-order valence-corrected chi connectivity index (χ0v) is 14.4. The molecule has 132 valence electrons. The highest BCUT2D eigenvalue weighted by molar-refractivity contribution is 6.09. The third-order valence-electron chi connectivity index (χ3n) is 4.85. The van der Waals surface area contributed by atoms with Gasteiger partial charge in [0.25, 0.3) is 5.91 Å². The lowest BCUT2D eigenvalue weighted by molar-refractivity contribution is -0.146. The van der Waals surface area contributed by atoms with Crippen LogP contribution in [0.2, 0.25) is 0 Å². The second-order valence-electron chi connectivity index (χ2n) is 6.70. The Bertz CT molecular complexity index is 947. The number of amides is 2. The van der Waals surface area contributed by atoms with Crippen molar-refractivity contribution in [3.05, 3.63) is 70.6 Å². The van der Waals surface area contributed by atoms with Crippen molar-refractivity contribution in [1.82, 2.24) is 4.90 Å². The number of rotatable bonds is 2. The second-order valence-corrected chi connectivity index (χ2v) is 6.70. The molecule has 1 unspecified atom stereocenters. The zero-order chi connectivity index (χ0) is 18.4. The van der Waals surface area contributed by atoms with Gasteiger partial charge < -0.3 is 16.2 Å². The lowest BCUT2D eigenvalue weighted by atomic mass is 9.81. The fraction of sp³-hybridized carbons (Fsp3) is 0.200. The van der Waals surface area contributed by atoms with Gasteiger partial charge in [-0.2, -0.15) is 0 Å². The normalized spacial score (nSPS) is 19.1. The summed E-state index contributed by atoms with van der Waals surface area (Å²) < 4.78 is 5.66. The number of ether oxygens (including phenoxy) is 1. The molecule has 4 N–H and O–H groups in total. The van der Waals surface area contributed by atoms with Gasteiger partial charge in [-0.15, -0.1) is 0 Å². The summed E-state index contributed by atoms with van der Waals surface area (Å²) in [6.07, 6.45) is 0.191. The number of anilines is 1. The van der Waals surface area contributed by atoms with Crippen LogP contribution in [0.3, 0.4) is 0 Å². The molecule has 0 aliphatic carbocycles. The summed E-state index contributed by atoms with van der Waals surface area (Å²) >= 11 is 0. The molecule has 2 aromatic rings. The average Bonchev–Trinajstić information content (AvgIpc) is 2.60. The molecule has 26 heavy (non-hydrogen) atoms. The maximum absolute atomic E-state index is 13.0. The summed E-state index contributed by atoms with van der Waals surface area (Å²) in [5, 5.41) is 0. The van der Waals surface area contributed by atoms with E-state index in [1.54, 1.807) is 24.3 Å². The number of nitrogens with zero attached hydrogens (tertiary/aromatic N) is 1. The highest BCUT2D eigenvalue weighted by Gasteiger charge is 2.43. The number of likely N-dealkylation sites (tertiary alicyclic amines) is 1. The van der Waals surface area contributed by atoms with Crippen molar-refractivity contribution in [2.45, 2.75) is 25.8 Å². The molecule has 0 bridgehead atoms. The maximum atomic E-state index is 13.0. The molecule has 2 aliphatic heterocycles. The summed E-state index contributed by atoms with van der Waals surface area (Å²) in [5.74, 6) is -0.294. The van der Waals surface area contributed by atoms with Crippen molar-refractivity contribution in [1.29, 1.82) is 0 Å². The molecule has 0 aromatic heterocycles. The standard InChI is InChI=1S/C20H19N3O3/c1-11-2-7-16-14(8-11)15-9-17(24)23(20(25)18(15)19(22)26-16)10-12-3-5-13(21)6-4-12/h2-8,15H,9-10,21-22H2,1H3. The lowest BCUT2D eigenvalue weighted by Crippen LogP contribution is -2.46. The summed E-state index contributed by atoms with van der Waals surface area (Å²) in [6.45, 7) is 2.14. The Morgan fingerprint density at radius 3 is 2.58 bits per heavy atom. The van der Waals surface area contributed by atoms with Crippen LogP contribution in [0.4, 0.5) is 5.69 Å². The van der Waals surface area contributed by atoms with Crippen LogP contribution in [0.5, 0.6) is 5.75 Å². The average molecular weight is 349 g/mol. The summed E-state index contributed by atoms with van der Waals surface area (Å²) in [5.41, 5.74) is 15.4. The number of hydrogen-bond acceptors (Lipinski definition) is 5. The van der Waals surface area contributed by atoms with Gasteiger partial charge in [0.15, 0.2) is 5.88 Å². The fourth-order valence-corrected chi connectivity index (χ4v) is 3.51. The highest BCUT2D eigenvalue weighted by atomic mass is 16.5. The van der Waals surface area contributed by atoms with Gasteiger partial charge in [0, 0.05) is 23.6 Å². The van der Waals surface area contributed by atoms with Crippen LogP contribution in [0, 0.1) is 6.92 Å². The van der Waals surface area contributed by atoms with Gasteiger partial charge >= 0.3 is 0 Å². The Morgan fingerprint density at radius 2 is 1.85 bits per heavy atom. The molecule has 6 heteroatoms. The van der Waals surface area contributed by atoms with E-state index in [-0.39, 0.29) is 30.7 Å². The minimum absolute atomic E-state index is 0.0751. The predicted octanol–water partition coefficient (Wildman–Crippen LogP) is 2.18. The van der Waals surface area contributed by atoms with Crippen LogP contribution in [-0.2, 0) is 16.1 Å². The van der Waals surface area contributed by atoms with Gasteiger partial charge in [0.05, 0.1) is 12.1 Å². The third-order valence-corrected chi connectivity index (χ3v) is 4.85. The van der Waals surface area contributed by atoms with Crippen molar-refractivity contribution < 1.29 is 14.3 Å². The molecule has 2 aromatic carbocycles. The SMILES string of the molecule is Cc1ccc2c(c1)C1CC(=O)N(Cc3ccc(N)cc3)C(=O)C1=C(N)O2. The first kappa shape index (κ1) is 16.2. The molecular weight excluding hydrogens is 330 g/mol. The van der Waals surface area contributed by atoms with Crippen LogP contribution >= 0.6 is 0 Å². The van der Waals surface area contributed by atoms with Crippen LogP contribution in [-0.4, -0.2) is 16.7 Å². The monoisotopic (exact) mass is 349 g/mol.